The van der Waals surface area contributed by atoms with Gasteiger partial charge < -0.3 is 9.88 Å². The molecule has 0 amide bonds. The Bertz CT molecular complexity index is 1110. The molecule has 1 N–H and O–H groups in total. The Morgan fingerprint density at radius 1 is 1.07 bits per heavy atom. The summed E-state index contributed by atoms with van der Waals surface area (Å²) in [6.07, 6.45) is 5.03. The van der Waals surface area contributed by atoms with Crippen LogP contribution in [-0.2, 0) is 10.2 Å². The van der Waals surface area contributed by atoms with Gasteiger partial charge in [0.15, 0.2) is 0 Å². The van der Waals surface area contributed by atoms with Gasteiger partial charge in [-0.15, -0.1) is 0 Å². The minimum Gasteiger partial charge on any atom is -0.345 e. The molecule has 1 fully saturated rings. The minimum atomic E-state index is -3.45. The molecule has 1 aliphatic rings. The summed E-state index contributed by atoms with van der Waals surface area (Å²) in [6.45, 7) is 1.62. The fraction of sp³-hybridized carbons (Fsp3) is 0.316. The number of nitrogens with zero attached hydrogens (tertiary/aromatic N) is 6. The lowest BCUT2D eigenvalue weighted by atomic mass is 10.1. The molecule has 0 aliphatic carbocycles. The maximum atomic E-state index is 13.4. The number of anilines is 1. The van der Waals surface area contributed by atoms with Crippen molar-refractivity contribution in [2.75, 3.05) is 45.2 Å². The van der Waals surface area contributed by atoms with Gasteiger partial charge in [0.05, 0.1) is 11.3 Å². The first-order valence-corrected chi connectivity index (χ1v) is 10.8. The van der Waals surface area contributed by atoms with Crippen LogP contribution in [0, 0.1) is 5.82 Å². The summed E-state index contributed by atoms with van der Waals surface area (Å²) in [5.74, 6) is 0.778. The molecule has 0 saturated carbocycles. The van der Waals surface area contributed by atoms with Crippen LogP contribution in [0.3, 0.4) is 0 Å². The zero-order valence-corrected chi connectivity index (χ0v) is 17.5. The van der Waals surface area contributed by atoms with Crippen LogP contribution in [0.1, 0.15) is 0 Å². The van der Waals surface area contributed by atoms with Gasteiger partial charge in [0.2, 0.25) is 5.95 Å². The van der Waals surface area contributed by atoms with E-state index in [1.54, 1.807) is 30.7 Å². The summed E-state index contributed by atoms with van der Waals surface area (Å²) in [4.78, 5) is 18.5. The van der Waals surface area contributed by atoms with Crippen LogP contribution in [-0.4, -0.2) is 77.2 Å². The van der Waals surface area contributed by atoms with Crippen LogP contribution in [0.4, 0.5) is 10.3 Å². The van der Waals surface area contributed by atoms with Crippen molar-refractivity contribution < 1.29 is 12.8 Å². The van der Waals surface area contributed by atoms with Crippen molar-refractivity contribution in [1.82, 2.24) is 28.5 Å². The molecule has 3 heterocycles. The van der Waals surface area contributed by atoms with Gasteiger partial charge in [-0.05, 0) is 24.3 Å². The summed E-state index contributed by atoms with van der Waals surface area (Å²) < 4.78 is 40.7. The van der Waals surface area contributed by atoms with Crippen LogP contribution < -0.4 is 4.90 Å². The summed E-state index contributed by atoms with van der Waals surface area (Å²) in [5, 5.41) is 0. The first-order chi connectivity index (χ1) is 14.4. The molecule has 0 spiro atoms. The van der Waals surface area contributed by atoms with Gasteiger partial charge in [0, 0.05) is 64.4 Å². The molecule has 4 rings (SSSR count). The molecule has 1 aromatic carbocycles. The highest BCUT2D eigenvalue weighted by molar-refractivity contribution is 7.86. The molecule has 2 aromatic heterocycles. The van der Waals surface area contributed by atoms with E-state index in [2.05, 4.69) is 15.0 Å². The Labute approximate surface area is 174 Å². The molecule has 158 valence electrons. The first-order valence-electron chi connectivity index (χ1n) is 9.41. The summed E-state index contributed by atoms with van der Waals surface area (Å²) >= 11 is 0. The van der Waals surface area contributed by atoms with E-state index >= 15 is 0 Å². The van der Waals surface area contributed by atoms with Gasteiger partial charge in [0.25, 0.3) is 10.2 Å². The number of imidazole rings is 1. The van der Waals surface area contributed by atoms with Gasteiger partial charge in [-0.25, -0.2) is 19.3 Å². The Balaban J connectivity index is 1.64. The number of piperazine rings is 1. The molecule has 0 bridgehead atoms. The van der Waals surface area contributed by atoms with E-state index in [1.807, 2.05) is 4.90 Å². The second-order valence-electron chi connectivity index (χ2n) is 7.05. The van der Waals surface area contributed by atoms with Crippen molar-refractivity contribution in [3.63, 3.8) is 0 Å². The Morgan fingerprint density at radius 2 is 1.77 bits per heavy atom. The van der Waals surface area contributed by atoms with Crippen molar-refractivity contribution in [1.29, 1.82) is 0 Å². The number of aromatic amines is 1. The molecule has 30 heavy (non-hydrogen) atoms. The largest absolute Gasteiger partial charge is 0.345 e. The van der Waals surface area contributed by atoms with Crippen molar-refractivity contribution >= 4 is 16.2 Å². The van der Waals surface area contributed by atoms with Crippen LogP contribution in [0.15, 0.2) is 42.9 Å². The number of hydrogen-bond acceptors (Lipinski definition) is 6. The second kappa shape index (κ2) is 8.09. The number of H-pyrrole nitrogens is 1. The normalized spacial score (nSPS) is 15.7. The van der Waals surface area contributed by atoms with E-state index in [0.717, 1.165) is 5.56 Å². The van der Waals surface area contributed by atoms with Crippen molar-refractivity contribution in [3.8, 4) is 22.6 Å². The third-order valence-electron chi connectivity index (χ3n) is 4.96. The molecule has 1 aliphatic heterocycles. The lowest BCUT2D eigenvalue weighted by molar-refractivity contribution is 0.354. The van der Waals surface area contributed by atoms with Gasteiger partial charge in [0.1, 0.15) is 11.6 Å². The molecule has 3 aromatic rings. The number of rotatable bonds is 5. The Kier molecular flexibility index (Phi) is 5.50. The fourth-order valence-corrected chi connectivity index (χ4v) is 4.37. The van der Waals surface area contributed by atoms with Crippen LogP contribution >= 0.6 is 0 Å². The van der Waals surface area contributed by atoms with E-state index in [9.17, 15) is 12.8 Å². The third kappa shape index (κ3) is 3.91. The Hall–Kier alpha value is -2.89. The van der Waals surface area contributed by atoms with Gasteiger partial charge in [-0.2, -0.15) is 17.0 Å². The summed E-state index contributed by atoms with van der Waals surface area (Å²) in [7, 11) is -0.404. The predicted molar refractivity (Wildman–Crippen MR) is 111 cm³/mol. The predicted octanol–water partition coefficient (Wildman–Crippen LogP) is 1.60. The number of aromatic nitrogens is 4. The van der Waals surface area contributed by atoms with E-state index in [4.69, 9.17) is 4.98 Å². The second-order valence-corrected chi connectivity index (χ2v) is 9.20. The SMILES string of the molecule is CN(C)S(=O)(=O)N1CCN(c2ncc(-c3ncc[nH]3)c(-c3ccc(F)cc3)n2)CC1. The van der Waals surface area contributed by atoms with Crippen molar-refractivity contribution in [2.45, 2.75) is 0 Å². The van der Waals surface area contributed by atoms with Gasteiger partial charge in [-0.1, -0.05) is 0 Å². The Morgan fingerprint density at radius 3 is 2.37 bits per heavy atom. The van der Waals surface area contributed by atoms with Crippen LogP contribution in [0.2, 0.25) is 0 Å². The molecule has 11 heteroatoms. The molecule has 1 saturated heterocycles. The standard InChI is InChI=1S/C19H22FN7O2S/c1-25(2)30(28,29)27-11-9-26(10-12-27)19-23-13-16(18-21-7-8-22-18)17(24-19)14-3-5-15(20)6-4-14/h3-8,13H,9-12H2,1-2H3,(H,21,22). The van der Waals surface area contributed by atoms with Crippen molar-refractivity contribution in [2.24, 2.45) is 0 Å². The monoisotopic (exact) mass is 431 g/mol. The van der Waals surface area contributed by atoms with E-state index < -0.39 is 10.2 Å². The summed E-state index contributed by atoms with van der Waals surface area (Å²) in [5.41, 5.74) is 2.06. The molecule has 0 atom stereocenters. The number of benzene rings is 1. The average Bonchev–Trinajstić information content (AvgIpc) is 3.28. The number of hydrogen-bond donors (Lipinski definition) is 1. The van der Waals surface area contributed by atoms with E-state index in [-0.39, 0.29) is 5.82 Å². The highest BCUT2D eigenvalue weighted by Crippen LogP contribution is 2.30. The van der Waals surface area contributed by atoms with Gasteiger partial charge >= 0.3 is 0 Å². The smallest absolute Gasteiger partial charge is 0.281 e. The summed E-state index contributed by atoms with van der Waals surface area (Å²) in [6, 6.07) is 6.09. The fourth-order valence-electron chi connectivity index (χ4n) is 3.29. The highest BCUT2D eigenvalue weighted by Gasteiger charge is 2.29. The topological polar surface area (TPSA) is 98.3 Å². The van der Waals surface area contributed by atoms with Crippen LogP contribution in [0.25, 0.3) is 22.6 Å². The lowest BCUT2D eigenvalue weighted by Crippen LogP contribution is -2.52. The minimum absolute atomic E-state index is 0.328. The average molecular weight is 431 g/mol. The molecule has 9 nitrogen and oxygen atoms in total. The molecular weight excluding hydrogens is 409 g/mol. The van der Waals surface area contributed by atoms with Crippen LogP contribution in [0.5, 0.6) is 0 Å². The lowest BCUT2D eigenvalue weighted by Gasteiger charge is -2.35. The highest BCUT2D eigenvalue weighted by atomic mass is 32.2. The third-order valence-corrected chi connectivity index (χ3v) is 6.90. The van der Waals surface area contributed by atoms with E-state index in [0.29, 0.717) is 49.2 Å². The maximum Gasteiger partial charge on any atom is 0.281 e. The van der Waals surface area contributed by atoms with E-state index in [1.165, 1.54) is 34.8 Å². The first kappa shape index (κ1) is 20.4. The van der Waals surface area contributed by atoms with Crippen molar-refractivity contribution in [3.05, 3.63) is 48.7 Å². The molecule has 0 radical (unpaired) electrons. The number of halogens is 1. The molecule has 0 unspecified atom stereocenters. The zero-order valence-electron chi connectivity index (χ0n) is 16.7. The van der Waals surface area contributed by atoms with Gasteiger partial charge in [-0.3, -0.25) is 0 Å². The molecular formula is C19H22FN7O2S. The number of nitrogens with one attached hydrogen (secondary N) is 1. The maximum absolute atomic E-state index is 13.4. The quantitative estimate of drug-likeness (QED) is 0.659. The zero-order chi connectivity index (χ0) is 21.3.